The number of aromatic hydroxyl groups is 1. The number of nitrogens with one attached hydrogen (secondary N) is 1. The van der Waals surface area contributed by atoms with Crippen molar-refractivity contribution >= 4 is 17.5 Å². The van der Waals surface area contributed by atoms with Crippen LogP contribution in [0.3, 0.4) is 0 Å². The standard InChI is InChI=1S/C25H23FN2O7/c1-8-17-20(31)16(23(27)34)22(33)25(35)21(32)14-9(7-24(8,17)25)5-11-15(19(14)30)13(29)6-10(18(11)26)12-3-2-4-28-12/h6,9,12,17,28-29,31-32,35H,1-5,7H2,(H2,27,34)/t9-,12?,17?,24+,25-/m0/s1. The smallest absolute Gasteiger partial charge is 0.255 e. The number of ketones is 2. The summed E-state index contributed by atoms with van der Waals surface area (Å²) in [5.41, 5.74) is -0.101. The van der Waals surface area contributed by atoms with Crippen LogP contribution in [0.2, 0.25) is 0 Å². The molecule has 1 aromatic rings. The Bertz CT molecular complexity index is 1370. The molecule has 0 aromatic heterocycles. The molecule has 9 nitrogen and oxygen atoms in total. The molecule has 5 atom stereocenters. The van der Waals surface area contributed by atoms with Gasteiger partial charge in [0.05, 0.1) is 11.5 Å². The molecule has 1 saturated heterocycles. The maximum absolute atomic E-state index is 15.7. The minimum Gasteiger partial charge on any atom is -0.511 e. The summed E-state index contributed by atoms with van der Waals surface area (Å²) in [6, 6.07) is 0.891. The SMILES string of the molecule is C=C1C2C(O)=C(C(N)=O)C(=O)[C@@]3(O)C(O)=C4C(=O)c5c(O)cc(C6CCCN6)c(F)c5C[C@H]4C[C@@]123. The number of aliphatic hydroxyl groups excluding tert-OH is 2. The number of hydrogen-bond acceptors (Lipinski definition) is 8. The molecular formula is C25H23FN2O7. The Morgan fingerprint density at radius 1 is 1.26 bits per heavy atom. The van der Waals surface area contributed by atoms with Crippen LogP contribution in [0.15, 0.2) is 40.9 Å². The summed E-state index contributed by atoms with van der Waals surface area (Å²) in [5, 5.41) is 47.3. The van der Waals surface area contributed by atoms with Gasteiger partial charge in [-0.15, -0.1) is 0 Å². The topological polar surface area (TPSA) is 170 Å². The van der Waals surface area contributed by atoms with Crippen LogP contribution >= 0.6 is 0 Å². The highest BCUT2D eigenvalue weighted by molar-refractivity contribution is 6.26. The molecule has 2 fully saturated rings. The van der Waals surface area contributed by atoms with Gasteiger partial charge in [0.1, 0.15) is 28.7 Å². The van der Waals surface area contributed by atoms with Gasteiger partial charge in [-0.2, -0.15) is 0 Å². The number of amides is 1. The maximum Gasteiger partial charge on any atom is 0.255 e. The average Bonchev–Trinajstić information content (AvgIpc) is 3.12. The first-order valence-corrected chi connectivity index (χ1v) is 11.4. The van der Waals surface area contributed by atoms with Crippen molar-refractivity contribution in [1.82, 2.24) is 5.32 Å². The summed E-state index contributed by atoms with van der Waals surface area (Å²) >= 11 is 0. The number of hydrogen-bond donors (Lipinski definition) is 6. The van der Waals surface area contributed by atoms with E-state index >= 15 is 4.39 Å². The Morgan fingerprint density at radius 2 is 1.97 bits per heavy atom. The molecule has 35 heavy (non-hydrogen) atoms. The Labute approximate surface area is 198 Å². The van der Waals surface area contributed by atoms with E-state index in [4.69, 9.17) is 5.73 Å². The Balaban J connectivity index is 1.55. The maximum atomic E-state index is 15.7. The molecule has 1 heterocycles. The average molecular weight is 482 g/mol. The quantitative estimate of drug-likeness (QED) is 0.271. The lowest BCUT2D eigenvalue weighted by Gasteiger charge is -2.46. The summed E-state index contributed by atoms with van der Waals surface area (Å²) < 4.78 is 15.7. The van der Waals surface area contributed by atoms with Gasteiger partial charge in [-0.05, 0) is 44.2 Å². The van der Waals surface area contributed by atoms with Crippen LogP contribution in [0.5, 0.6) is 5.75 Å². The summed E-state index contributed by atoms with van der Waals surface area (Å²) in [6.45, 7) is 4.55. The van der Waals surface area contributed by atoms with Gasteiger partial charge < -0.3 is 31.5 Å². The second-order valence-corrected chi connectivity index (χ2v) is 10.1. The molecule has 182 valence electrons. The lowest BCUT2D eigenvalue weighted by Crippen LogP contribution is -2.59. The fourth-order valence-electron chi connectivity index (χ4n) is 6.98. The third kappa shape index (κ3) is 2.31. The Morgan fingerprint density at radius 3 is 2.60 bits per heavy atom. The molecule has 1 spiro atoms. The van der Waals surface area contributed by atoms with E-state index in [-0.39, 0.29) is 46.7 Å². The normalized spacial score (nSPS) is 35.5. The highest BCUT2D eigenvalue weighted by atomic mass is 19.1. The molecule has 1 aromatic carbocycles. The van der Waals surface area contributed by atoms with E-state index in [1.54, 1.807) is 0 Å². The largest absolute Gasteiger partial charge is 0.511 e. The van der Waals surface area contributed by atoms with Crippen molar-refractivity contribution in [1.29, 1.82) is 0 Å². The van der Waals surface area contributed by atoms with Crippen LogP contribution < -0.4 is 11.1 Å². The number of phenols is 1. The number of fused-ring (bicyclic) bond motifs is 2. The Kier molecular flexibility index (Phi) is 4.14. The van der Waals surface area contributed by atoms with Crippen molar-refractivity contribution in [2.75, 3.05) is 6.54 Å². The van der Waals surface area contributed by atoms with Gasteiger partial charge in [0.2, 0.25) is 5.78 Å². The van der Waals surface area contributed by atoms with Crippen LogP contribution in [0, 0.1) is 23.1 Å². The van der Waals surface area contributed by atoms with Gasteiger partial charge in [-0.25, -0.2) is 4.39 Å². The van der Waals surface area contributed by atoms with Gasteiger partial charge >= 0.3 is 0 Å². The van der Waals surface area contributed by atoms with Crippen molar-refractivity contribution in [3.63, 3.8) is 0 Å². The van der Waals surface area contributed by atoms with E-state index in [1.807, 2.05) is 0 Å². The summed E-state index contributed by atoms with van der Waals surface area (Å²) in [4.78, 5) is 38.6. The van der Waals surface area contributed by atoms with E-state index in [1.165, 1.54) is 6.07 Å². The minimum absolute atomic E-state index is 0.00428. The van der Waals surface area contributed by atoms with Gasteiger partial charge in [0.25, 0.3) is 5.91 Å². The highest BCUT2D eigenvalue weighted by Gasteiger charge is 2.81. The predicted octanol–water partition coefficient (Wildman–Crippen LogP) is 1.31. The number of carbonyl (C=O) groups excluding carboxylic acids is 3. The number of phenolic OH excluding ortho intramolecular Hbond substituents is 1. The fraction of sp³-hybridized carbons (Fsp3) is 0.400. The number of primary amides is 1. The molecule has 0 radical (unpaired) electrons. The third-order valence-electron chi connectivity index (χ3n) is 8.61. The van der Waals surface area contributed by atoms with Gasteiger partial charge in [0, 0.05) is 28.2 Å². The number of aliphatic hydroxyl groups is 3. The minimum atomic E-state index is -2.74. The molecule has 0 bridgehead atoms. The first kappa shape index (κ1) is 22.0. The van der Waals surface area contributed by atoms with Crippen molar-refractivity contribution < 1.29 is 39.2 Å². The van der Waals surface area contributed by atoms with Gasteiger partial charge in [-0.1, -0.05) is 12.2 Å². The van der Waals surface area contributed by atoms with Crippen molar-refractivity contribution in [3.05, 3.63) is 63.4 Å². The zero-order chi connectivity index (χ0) is 25.2. The molecule has 2 unspecified atom stereocenters. The molecule has 4 aliphatic carbocycles. The van der Waals surface area contributed by atoms with Crippen molar-refractivity contribution in [3.8, 4) is 5.75 Å². The zero-order valence-electron chi connectivity index (χ0n) is 18.5. The number of benzene rings is 1. The lowest BCUT2D eigenvalue weighted by atomic mass is 9.58. The second kappa shape index (κ2) is 6.58. The second-order valence-electron chi connectivity index (χ2n) is 10.1. The number of carbonyl (C=O) groups is 3. The van der Waals surface area contributed by atoms with Gasteiger partial charge in [-0.3, -0.25) is 14.4 Å². The molecule has 10 heteroatoms. The van der Waals surface area contributed by atoms with Gasteiger partial charge in [0.15, 0.2) is 11.4 Å². The van der Waals surface area contributed by atoms with Crippen LogP contribution in [0.25, 0.3) is 0 Å². The summed E-state index contributed by atoms with van der Waals surface area (Å²) in [5.74, 6) is -8.06. The van der Waals surface area contributed by atoms with Crippen LogP contribution in [-0.2, 0) is 16.0 Å². The van der Waals surface area contributed by atoms with Crippen LogP contribution in [0.1, 0.15) is 46.8 Å². The summed E-state index contributed by atoms with van der Waals surface area (Å²) in [7, 11) is 0. The van der Waals surface area contributed by atoms with E-state index in [9.17, 15) is 34.8 Å². The number of Topliss-reactive ketones (excluding diaryl/α,β-unsaturated/α-hetero) is 2. The monoisotopic (exact) mass is 482 g/mol. The molecule has 1 amide bonds. The Hall–Kier alpha value is -3.50. The third-order valence-corrected chi connectivity index (χ3v) is 8.61. The van der Waals surface area contributed by atoms with Crippen LogP contribution in [-0.4, -0.2) is 50.0 Å². The van der Waals surface area contributed by atoms with E-state index in [0.29, 0.717) is 13.0 Å². The fourth-order valence-corrected chi connectivity index (χ4v) is 6.98. The molecule has 5 aliphatic rings. The number of nitrogens with two attached hydrogens (primary N) is 1. The van der Waals surface area contributed by atoms with E-state index < -0.39 is 69.0 Å². The van der Waals surface area contributed by atoms with Crippen molar-refractivity contribution in [2.45, 2.75) is 37.3 Å². The van der Waals surface area contributed by atoms with Crippen LogP contribution in [0.4, 0.5) is 4.39 Å². The molecule has 7 N–H and O–H groups in total. The number of halogens is 1. The lowest BCUT2D eigenvalue weighted by molar-refractivity contribution is -0.146. The number of allylic oxidation sites excluding steroid dienone is 2. The zero-order valence-corrected chi connectivity index (χ0v) is 18.5. The number of rotatable bonds is 2. The van der Waals surface area contributed by atoms with Crippen molar-refractivity contribution in [2.24, 2.45) is 23.0 Å². The molecule has 6 rings (SSSR count). The predicted molar refractivity (Wildman–Crippen MR) is 118 cm³/mol. The molecule has 1 saturated carbocycles. The molecule has 1 aliphatic heterocycles. The van der Waals surface area contributed by atoms with E-state index in [2.05, 4.69) is 11.9 Å². The first-order valence-electron chi connectivity index (χ1n) is 11.4. The first-order chi connectivity index (χ1) is 16.5. The van der Waals surface area contributed by atoms with E-state index in [0.717, 1.165) is 6.42 Å². The molecular weight excluding hydrogens is 459 g/mol. The summed E-state index contributed by atoms with van der Waals surface area (Å²) in [6.07, 6.45) is 1.32. The highest BCUT2D eigenvalue weighted by Crippen LogP contribution is 2.75.